The molecule has 0 aromatic carbocycles. The normalized spacial score (nSPS) is 24.7. The number of morpholine rings is 1. The van der Waals surface area contributed by atoms with Crippen LogP contribution in [0.5, 0.6) is 0 Å². The summed E-state index contributed by atoms with van der Waals surface area (Å²) in [6.45, 7) is 11.7. The molecule has 1 unspecified atom stereocenters. The Morgan fingerprint density at radius 1 is 1.29 bits per heavy atom. The number of rotatable bonds is 6. The number of aryl methyl sites for hydroxylation is 1. The van der Waals surface area contributed by atoms with Gasteiger partial charge in [0.1, 0.15) is 0 Å². The van der Waals surface area contributed by atoms with E-state index < -0.39 is 0 Å². The van der Waals surface area contributed by atoms with Gasteiger partial charge in [0.2, 0.25) is 0 Å². The lowest BCUT2D eigenvalue weighted by atomic mass is 10.2. The number of likely N-dealkylation sites (tertiary alicyclic amines) is 1. The molecule has 2 aliphatic rings. The number of H-pyrrole nitrogens is 1. The summed E-state index contributed by atoms with van der Waals surface area (Å²) in [5.74, 6) is 0. The topological polar surface area (TPSA) is 56.4 Å². The van der Waals surface area contributed by atoms with E-state index in [-0.39, 0.29) is 0 Å². The van der Waals surface area contributed by atoms with Crippen molar-refractivity contribution < 1.29 is 4.74 Å². The highest BCUT2D eigenvalue weighted by molar-refractivity contribution is 5.13. The highest BCUT2D eigenvalue weighted by atomic mass is 16.5. The Balaban J connectivity index is 1.34. The Morgan fingerprint density at radius 3 is 2.86 bits per heavy atom. The quantitative estimate of drug-likeness (QED) is 0.785. The molecule has 0 radical (unpaired) electrons. The van der Waals surface area contributed by atoms with Crippen molar-refractivity contribution in [3.8, 4) is 0 Å². The lowest BCUT2D eigenvalue weighted by molar-refractivity contribution is 0.0343. The monoisotopic (exact) mass is 293 g/mol. The molecule has 3 heterocycles. The molecule has 0 bridgehead atoms. The predicted molar refractivity (Wildman–Crippen MR) is 82.3 cm³/mol. The molecule has 1 aromatic rings. The molecular formula is C15H27N5O. The van der Waals surface area contributed by atoms with Gasteiger partial charge in [-0.15, -0.1) is 0 Å². The van der Waals surface area contributed by atoms with Crippen molar-refractivity contribution >= 4 is 0 Å². The molecule has 118 valence electrons. The van der Waals surface area contributed by atoms with Crippen LogP contribution >= 0.6 is 0 Å². The maximum absolute atomic E-state index is 5.39. The van der Waals surface area contributed by atoms with E-state index in [0.717, 1.165) is 39.4 Å². The highest BCUT2D eigenvalue weighted by Crippen LogP contribution is 2.11. The van der Waals surface area contributed by atoms with Crippen molar-refractivity contribution in [2.45, 2.75) is 25.9 Å². The summed E-state index contributed by atoms with van der Waals surface area (Å²) in [7, 11) is 0. The van der Waals surface area contributed by atoms with Gasteiger partial charge in [0.25, 0.3) is 0 Å². The molecular weight excluding hydrogens is 266 g/mol. The maximum atomic E-state index is 5.39. The van der Waals surface area contributed by atoms with Crippen LogP contribution in [0.15, 0.2) is 6.20 Å². The van der Waals surface area contributed by atoms with Gasteiger partial charge in [0.05, 0.1) is 25.1 Å². The lowest BCUT2D eigenvalue weighted by Crippen LogP contribution is -2.41. The van der Waals surface area contributed by atoms with E-state index in [1.807, 2.05) is 6.20 Å². The van der Waals surface area contributed by atoms with Crippen LogP contribution in [0.25, 0.3) is 0 Å². The molecule has 2 fully saturated rings. The van der Waals surface area contributed by atoms with Crippen LogP contribution in [-0.2, 0) is 11.3 Å². The zero-order valence-corrected chi connectivity index (χ0v) is 13.0. The molecule has 2 saturated heterocycles. The van der Waals surface area contributed by atoms with Crippen molar-refractivity contribution in [3.05, 3.63) is 17.5 Å². The van der Waals surface area contributed by atoms with E-state index in [2.05, 4.69) is 32.2 Å². The van der Waals surface area contributed by atoms with Crippen LogP contribution in [0.3, 0.4) is 0 Å². The summed E-state index contributed by atoms with van der Waals surface area (Å²) in [5, 5.41) is 10.8. The fourth-order valence-electron chi connectivity index (χ4n) is 3.11. The lowest BCUT2D eigenvalue weighted by Gasteiger charge is -2.28. The van der Waals surface area contributed by atoms with Crippen LogP contribution in [0.2, 0.25) is 0 Å². The van der Waals surface area contributed by atoms with Gasteiger partial charge in [-0.25, -0.2) is 0 Å². The minimum Gasteiger partial charge on any atom is -0.379 e. The average molecular weight is 293 g/mol. The molecule has 2 N–H and O–H groups in total. The third kappa shape index (κ3) is 4.26. The Bertz CT molecular complexity index is 429. The van der Waals surface area contributed by atoms with Gasteiger partial charge in [-0.1, -0.05) is 0 Å². The standard InChI is InChI=1S/C15H27N5O/c1-13-10-17-18-15(13)11-16-14-2-3-20(12-14)5-4-19-6-8-21-9-7-19/h10,14,16H,2-9,11-12H2,1H3,(H,17,18). The van der Waals surface area contributed by atoms with Crippen molar-refractivity contribution in [1.29, 1.82) is 0 Å². The van der Waals surface area contributed by atoms with E-state index >= 15 is 0 Å². The van der Waals surface area contributed by atoms with Crippen LogP contribution in [0.4, 0.5) is 0 Å². The zero-order chi connectivity index (χ0) is 14.5. The maximum Gasteiger partial charge on any atom is 0.0594 e. The minimum atomic E-state index is 0.609. The minimum absolute atomic E-state index is 0.609. The summed E-state index contributed by atoms with van der Waals surface area (Å²) in [4.78, 5) is 5.09. The fourth-order valence-corrected chi connectivity index (χ4v) is 3.11. The van der Waals surface area contributed by atoms with Crippen molar-refractivity contribution in [3.63, 3.8) is 0 Å². The van der Waals surface area contributed by atoms with E-state index in [0.29, 0.717) is 6.04 Å². The Hall–Kier alpha value is -0.950. The first kappa shape index (κ1) is 15.0. The van der Waals surface area contributed by atoms with Gasteiger partial charge in [0, 0.05) is 45.3 Å². The molecule has 1 aromatic heterocycles. The SMILES string of the molecule is Cc1cn[nH]c1CNC1CCN(CCN2CCOCC2)C1. The Morgan fingerprint density at radius 2 is 2.10 bits per heavy atom. The number of hydrogen-bond donors (Lipinski definition) is 2. The predicted octanol–water partition coefficient (Wildman–Crippen LogP) is 0.214. The van der Waals surface area contributed by atoms with Crippen molar-refractivity contribution in [2.75, 3.05) is 52.5 Å². The molecule has 6 nitrogen and oxygen atoms in total. The summed E-state index contributed by atoms with van der Waals surface area (Å²) in [6, 6.07) is 0.609. The second kappa shape index (κ2) is 7.35. The molecule has 0 spiro atoms. The highest BCUT2D eigenvalue weighted by Gasteiger charge is 2.22. The molecule has 0 aliphatic carbocycles. The molecule has 21 heavy (non-hydrogen) atoms. The molecule has 6 heteroatoms. The van der Waals surface area contributed by atoms with Crippen molar-refractivity contribution in [1.82, 2.24) is 25.3 Å². The number of ether oxygens (including phenoxy) is 1. The van der Waals surface area contributed by atoms with E-state index in [4.69, 9.17) is 4.74 Å². The number of hydrogen-bond acceptors (Lipinski definition) is 5. The van der Waals surface area contributed by atoms with Gasteiger partial charge >= 0.3 is 0 Å². The van der Waals surface area contributed by atoms with E-state index in [1.54, 1.807) is 0 Å². The van der Waals surface area contributed by atoms with Crippen LogP contribution in [0.1, 0.15) is 17.7 Å². The number of aromatic amines is 1. The van der Waals surface area contributed by atoms with Crippen molar-refractivity contribution in [2.24, 2.45) is 0 Å². The number of nitrogens with zero attached hydrogens (tertiary/aromatic N) is 3. The summed E-state index contributed by atoms with van der Waals surface area (Å²) < 4.78 is 5.39. The molecule has 0 saturated carbocycles. The largest absolute Gasteiger partial charge is 0.379 e. The smallest absolute Gasteiger partial charge is 0.0594 e. The summed E-state index contributed by atoms with van der Waals surface area (Å²) in [6.07, 6.45) is 3.14. The fraction of sp³-hybridized carbons (Fsp3) is 0.800. The first-order chi connectivity index (χ1) is 10.3. The van der Waals surface area contributed by atoms with Gasteiger partial charge in [-0.2, -0.15) is 5.10 Å². The Labute approximate surface area is 126 Å². The molecule has 1 atom stereocenters. The second-order valence-corrected chi connectivity index (χ2v) is 6.15. The summed E-state index contributed by atoms with van der Waals surface area (Å²) in [5.41, 5.74) is 2.45. The van der Waals surface area contributed by atoms with Gasteiger partial charge in [0.15, 0.2) is 0 Å². The second-order valence-electron chi connectivity index (χ2n) is 6.15. The third-order valence-electron chi connectivity index (χ3n) is 4.61. The zero-order valence-electron chi connectivity index (χ0n) is 13.0. The van der Waals surface area contributed by atoms with Crippen LogP contribution < -0.4 is 5.32 Å². The first-order valence-corrected chi connectivity index (χ1v) is 8.06. The van der Waals surface area contributed by atoms with E-state index in [9.17, 15) is 0 Å². The van der Waals surface area contributed by atoms with Crippen LogP contribution in [0, 0.1) is 6.92 Å². The van der Waals surface area contributed by atoms with Crippen LogP contribution in [-0.4, -0.2) is 78.5 Å². The molecule has 0 amide bonds. The average Bonchev–Trinajstić information content (AvgIpc) is 3.13. The first-order valence-electron chi connectivity index (χ1n) is 8.06. The molecule has 3 rings (SSSR count). The molecule has 2 aliphatic heterocycles. The number of nitrogens with one attached hydrogen (secondary N) is 2. The van der Waals surface area contributed by atoms with E-state index in [1.165, 1.54) is 37.3 Å². The number of aromatic nitrogens is 2. The summed E-state index contributed by atoms with van der Waals surface area (Å²) >= 11 is 0. The van der Waals surface area contributed by atoms with Gasteiger partial charge in [-0.05, 0) is 25.5 Å². The Kier molecular flexibility index (Phi) is 5.24. The third-order valence-corrected chi connectivity index (χ3v) is 4.61. The van der Waals surface area contributed by atoms with Gasteiger partial charge < -0.3 is 15.0 Å². The van der Waals surface area contributed by atoms with Gasteiger partial charge in [-0.3, -0.25) is 10.00 Å².